The van der Waals surface area contributed by atoms with E-state index in [1.807, 2.05) is 48.7 Å². The Morgan fingerprint density at radius 3 is 2.29 bits per heavy atom. The summed E-state index contributed by atoms with van der Waals surface area (Å²) in [5, 5.41) is 3.33. The Balaban J connectivity index is 1.52. The second-order valence-corrected chi connectivity index (χ2v) is 4.86. The van der Waals surface area contributed by atoms with Gasteiger partial charge in [-0.1, -0.05) is 42.5 Å². The molecule has 0 saturated heterocycles. The minimum atomic E-state index is 0.592. The van der Waals surface area contributed by atoms with E-state index in [2.05, 4.69) is 34.6 Å². The molecule has 0 unspecified atom stereocenters. The number of aromatic nitrogens is 1. The normalized spacial score (nSPS) is 10.3. The van der Waals surface area contributed by atoms with E-state index in [9.17, 15) is 0 Å². The van der Waals surface area contributed by atoms with Gasteiger partial charge in [-0.15, -0.1) is 0 Å². The molecule has 0 aliphatic heterocycles. The Kier molecular flexibility index (Phi) is 4.22. The van der Waals surface area contributed by atoms with Crippen molar-refractivity contribution in [3.63, 3.8) is 0 Å². The summed E-state index contributed by atoms with van der Waals surface area (Å²) in [5.41, 5.74) is 2.41. The third kappa shape index (κ3) is 3.89. The predicted molar refractivity (Wildman–Crippen MR) is 85.3 cm³/mol. The Morgan fingerprint density at radius 2 is 1.57 bits per heavy atom. The van der Waals surface area contributed by atoms with Crippen LogP contribution in [-0.4, -0.2) is 4.98 Å². The van der Waals surface area contributed by atoms with Gasteiger partial charge in [0.25, 0.3) is 0 Å². The van der Waals surface area contributed by atoms with Gasteiger partial charge >= 0.3 is 0 Å². The standard InChI is InChI=1S/C18H18N2O/c1-2-5-17(6-3-1)21-14-16-10-8-15(9-11-16)13-20-18-7-4-12-19-18/h1-12,19-20H,13-14H2. The highest BCUT2D eigenvalue weighted by Crippen LogP contribution is 2.13. The molecule has 0 fully saturated rings. The van der Waals surface area contributed by atoms with Crippen LogP contribution < -0.4 is 10.1 Å². The van der Waals surface area contributed by atoms with Crippen LogP contribution in [0.15, 0.2) is 72.9 Å². The molecule has 21 heavy (non-hydrogen) atoms. The number of H-pyrrole nitrogens is 1. The van der Waals surface area contributed by atoms with E-state index >= 15 is 0 Å². The molecule has 0 aliphatic rings. The molecular formula is C18H18N2O. The molecule has 0 spiro atoms. The van der Waals surface area contributed by atoms with Crippen LogP contribution in [0.3, 0.4) is 0 Å². The maximum atomic E-state index is 5.73. The van der Waals surface area contributed by atoms with Crippen molar-refractivity contribution in [3.05, 3.63) is 84.1 Å². The highest BCUT2D eigenvalue weighted by molar-refractivity contribution is 5.36. The third-order valence-electron chi connectivity index (χ3n) is 3.25. The maximum absolute atomic E-state index is 5.73. The van der Waals surface area contributed by atoms with Gasteiger partial charge in [-0.2, -0.15) is 0 Å². The van der Waals surface area contributed by atoms with Gasteiger partial charge in [0.1, 0.15) is 18.2 Å². The molecule has 3 rings (SSSR count). The fourth-order valence-electron chi connectivity index (χ4n) is 2.07. The van der Waals surface area contributed by atoms with Crippen molar-refractivity contribution in [1.82, 2.24) is 4.98 Å². The lowest BCUT2D eigenvalue weighted by Gasteiger charge is -2.08. The smallest absolute Gasteiger partial charge is 0.119 e. The van der Waals surface area contributed by atoms with Crippen LogP contribution in [0, 0.1) is 0 Å². The summed E-state index contributed by atoms with van der Waals surface area (Å²) >= 11 is 0. The number of ether oxygens (including phenoxy) is 1. The third-order valence-corrected chi connectivity index (χ3v) is 3.25. The van der Waals surface area contributed by atoms with Crippen molar-refractivity contribution in [2.24, 2.45) is 0 Å². The number of anilines is 1. The summed E-state index contributed by atoms with van der Waals surface area (Å²) in [6, 6.07) is 22.3. The number of hydrogen-bond acceptors (Lipinski definition) is 2. The zero-order valence-electron chi connectivity index (χ0n) is 11.8. The minimum Gasteiger partial charge on any atom is -0.489 e. The van der Waals surface area contributed by atoms with Crippen molar-refractivity contribution in [2.45, 2.75) is 13.2 Å². The van der Waals surface area contributed by atoms with Crippen LogP contribution in [0.5, 0.6) is 5.75 Å². The fourth-order valence-corrected chi connectivity index (χ4v) is 2.07. The van der Waals surface area contributed by atoms with E-state index < -0.39 is 0 Å². The van der Waals surface area contributed by atoms with Gasteiger partial charge in [0, 0.05) is 12.7 Å². The van der Waals surface area contributed by atoms with Crippen LogP contribution in [-0.2, 0) is 13.2 Å². The summed E-state index contributed by atoms with van der Waals surface area (Å²) in [5.74, 6) is 1.93. The predicted octanol–water partition coefficient (Wildman–Crippen LogP) is 4.21. The van der Waals surface area contributed by atoms with Crippen molar-refractivity contribution in [3.8, 4) is 5.75 Å². The molecule has 2 aromatic carbocycles. The first-order chi connectivity index (χ1) is 10.4. The largest absolute Gasteiger partial charge is 0.489 e. The molecule has 2 N–H and O–H groups in total. The van der Waals surface area contributed by atoms with E-state index in [4.69, 9.17) is 4.74 Å². The average Bonchev–Trinajstić information content (AvgIpc) is 3.06. The fraction of sp³-hybridized carbons (Fsp3) is 0.111. The summed E-state index contributed by atoms with van der Waals surface area (Å²) in [4.78, 5) is 3.13. The maximum Gasteiger partial charge on any atom is 0.119 e. The van der Waals surface area contributed by atoms with Crippen molar-refractivity contribution >= 4 is 5.82 Å². The van der Waals surface area contributed by atoms with Crippen molar-refractivity contribution in [2.75, 3.05) is 5.32 Å². The second-order valence-electron chi connectivity index (χ2n) is 4.86. The lowest BCUT2D eigenvalue weighted by molar-refractivity contribution is 0.306. The summed E-state index contributed by atoms with van der Waals surface area (Å²) in [6.07, 6.45) is 1.91. The lowest BCUT2D eigenvalue weighted by Crippen LogP contribution is -2.00. The quantitative estimate of drug-likeness (QED) is 0.709. The Bertz CT molecular complexity index is 645. The molecule has 1 aromatic heterocycles. The summed E-state index contributed by atoms with van der Waals surface area (Å²) in [7, 11) is 0. The van der Waals surface area contributed by atoms with Gasteiger partial charge in [0.2, 0.25) is 0 Å². The molecule has 106 valence electrons. The minimum absolute atomic E-state index is 0.592. The van der Waals surface area contributed by atoms with Crippen LogP contribution in [0.4, 0.5) is 5.82 Å². The molecular weight excluding hydrogens is 260 g/mol. The zero-order chi connectivity index (χ0) is 14.3. The molecule has 0 bridgehead atoms. The van der Waals surface area contributed by atoms with E-state index in [0.29, 0.717) is 6.61 Å². The van der Waals surface area contributed by atoms with Crippen molar-refractivity contribution in [1.29, 1.82) is 0 Å². The molecule has 3 nitrogen and oxygen atoms in total. The van der Waals surface area contributed by atoms with Crippen LogP contribution in [0.1, 0.15) is 11.1 Å². The molecule has 0 aliphatic carbocycles. The first kappa shape index (κ1) is 13.3. The highest BCUT2D eigenvalue weighted by atomic mass is 16.5. The molecule has 0 atom stereocenters. The molecule has 0 radical (unpaired) electrons. The number of para-hydroxylation sites is 1. The molecule has 3 aromatic rings. The van der Waals surface area contributed by atoms with E-state index in [1.54, 1.807) is 0 Å². The van der Waals surface area contributed by atoms with Gasteiger partial charge < -0.3 is 15.0 Å². The van der Waals surface area contributed by atoms with Gasteiger partial charge in [-0.3, -0.25) is 0 Å². The van der Waals surface area contributed by atoms with E-state index in [0.717, 1.165) is 18.1 Å². The van der Waals surface area contributed by atoms with Gasteiger partial charge in [-0.25, -0.2) is 0 Å². The molecule has 1 heterocycles. The Morgan fingerprint density at radius 1 is 0.810 bits per heavy atom. The van der Waals surface area contributed by atoms with E-state index in [-0.39, 0.29) is 0 Å². The van der Waals surface area contributed by atoms with Gasteiger partial charge in [0.15, 0.2) is 0 Å². The topological polar surface area (TPSA) is 37.0 Å². The van der Waals surface area contributed by atoms with Crippen LogP contribution in [0.2, 0.25) is 0 Å². The Hall–Kier alpha value is -2.68. The number of aromatic amines is 1. The van der Waals surface area contributed by atoms with Crippen LogP contribution >= 0.6 is 0 Å². The first-order valence-electron chi connectivity index (χ1n) is 7.03. The number of benzene rings is 2. The van der Waals surface area contributed by atoms with Gasteiger partial charge in [-0.05, 0) is 35.4 Å². The Labute approximate surface area is 124 Å². The van der Waals surface area contributed by atoms with Crippen molar-refractivity contribution < 1.29 is 4.74 Å². The molecule has 0 amide bonds. The molecule has 0 saturated carbocycles. The first-order valence-corrected chi connectivity index (χ1v) is 7.03. The van der Waals surface area contributed by atoms with E-state index in [1.165, 1.54) is 11.1 Å². The SMILES string of the molecule is c1ccc(OCc2ccc(CNc3ccc[nH]3)cc2)cc1. The summed E-state index contributed by atoms with van der Waals surface area (Å²) in [6.45, 7) is 1.40. The van der Waals surface area contributed by atoms with Gasteiger partial charge in [0.05, 0.1) is 0 Å². The molecule has 3 heteroatoms. The number of hydrogen-bond donors (Lipinski definition) is 2. The number of rotatable bonds is 6. The zero-order valence-corrected chi connectivity index (χ0v) is 11.8. The highest BCUT2D eigenvalue weighted by Gasteiger charge is 1.98. The number of nitrogens with one attached hydrogen (secondary N) is 2. The van der Waals surface area contributed by atoms with Crippen LogP contribution in [0.25, 0.3) is 0 Å². The monoisotopic (exact) mass is 278 g/mol. The second kappa shape index (κ2) is 6.66. The average molecular weight is 278 g/mol. The summed E-state index contributed by atoms with van der Waals surface area (Å²) < 4.78 is 5.73. The lowest BCUT2D eigenvalue weighted by atomic mass is 10.1.